The van der Waals surface area contributed by atoms with Crippen LogP contribution in [-0.2, 0) is 6.54 Å². The van der Waals surface area contributed by atoms with E-state index < -0.39 is 0 Å². The van der Waals surface area contributed by atoms with Gasteiger partial charge in [-0.15, -0.1) is 0 Å². The predicted octanol–water partition coefficient (Wildman–Crippen LogP) is 5.24. The number of benzene rings is 2. The van der Waals surface area contributed by atoms with Gasteiger partial charge in [0.2, 0.25) is 11.4 Å². The second-order valence-electron chi connectivity index (χ2n) is 7.56. The first-order valence-electron chi connectivity index (χ1n) is 10.5. The molecule has 0 spiro atoms. The maximum Gasteiger partial charge on any atom is 0.205 e. The van der Waals surface area contributed by atoms with Gasteiger partial charge in [0.1, 0.15) is 0 Å². The summed E-state index contributed by atoms with van der Waals surface area (Å²) in [5, 5.41) is 2.44. The number of nitrogens with zero attached hydrogens (tertiary/aromatic N) is 1. The largest absolute Gasteiger partial charge is 0.361 e. The summed E-state index contributed by atoms with van der Waals surface area (Å²) in [6, 6.07) is 23.0. The minimum atomic E-state index is 0.580. The van der Waals surface area contributed by atoms with Crippen LogP contribution in [0.25, 0.3) is 46.1 Å². The highest BCUT2D eigenvalue weighted by atomic mass is 15.0. The summed E-state index contributed by atoms with van der Waals surface area (Å²) < 4.78 is 2.26. The Kier molecular flexibility index (Phi) is 5.21. The van der Waals surface area contributed by atoms with Crippen LogP contribution in [0.3, 0.4) is 0 Å². The molecule has 4 N–H and O–H groups in total. The highest BCUT2D eigenvalue weighted by Gasteiger charge is 2.12. The number of para-hydroxylation sites is 2. The van der Waals surface area contributed by atoms with Crippen molar-refractivity contribution in [3.63, 3.8) is 0 Å². The lowest BCUT2D eigenvalue weighted by Gasteiger charge is -2.03. The Labute approximate surface area is 181 Å². The molecule has 0 saturated carbocycles. The molecule has 0 aliphatic heterocycles. The molecule has 0 aliphatic carbocycles. The summed E-state index contributed by atoms with van der Waals surface area (Å²) in [6.45, 7) is 1.33. The second kappa shape index (κ2) is 8.46. The molecule has 3 aromatic heterocycles. The van der Waals surface area contributed by atoms with E-state index in [1.807, 2.05) is 12.1 Å². The molecule has 0 amide bonds. The first-order valence-corrected chi connectivity index (χ1v) is 10.5. The van der Waals surface area contributed by atoms with E-state index in [1.54, 1.807) is 0 Å². The van der Waals surface area contributed by atoms with Gasteiger partial charge in [0.05, 0.1) is 6.54 Å². The van der Waals surface area contributed by atoms with Gasteiger partial charge in [-0.1, -0.05) is 36.4 Å². The lowest BCUT2D eigenvalue weighted by Crippen LogP contribution is -2.43. The first-order chi connectivity index (χ1) is 15.3. The van der Waals surface area contributed by atoms with E-state index in [9.17, 15) is 0 Å². The van der Waals surface area contributed by atoms with Crippen LogP contribution in [-0.4, -0.2) is 16.5 Å². The van der Waals surface area contributed by atoms with Crippen molar-refractivity contribution in [1.29, 1.82) is 0 Å². The van der Waals surface area contributed by atoms with Crippen LogP contribution in [0.2, 0.25) is 0 Å². The van der Waals surface area contributed by atoms with Crippen LogP contribution in [0.15, 0.2) is 79.1 Å². The molecule has 5 rings (SSSR count). The number of hydrogen-bond acceptors (Lipinski definition) is 1. The van der Waals surface area contributed by atoms with Crippen LogP contribution in [0.4, 0.5) is 0 Å². The smallest absolute Gasteiger partial charge is 0.205 e. The molecule has 4 heteroatoms. The van der Waals surface area contributed by atoms with Gasteiger partial charge in [0, 0.05) is 58.5 Å². The van der Waals surface area contributed by atoms with Crippen molar-refractivity contribution in [2.24, 2.45) is 5.73 Å². The maximum absolute atomic E-state index is 5.95. The predicted molar refractivity (Wildman–Crippen MR) is 130 cm³/mol. The van der Waals surface area contributed by atoms with E-state index in [0.717, 1.165) is 29.0 Å². The van der Waals surface area contributed by atoms with Crippen molar-refractivity contribution in [3.05, 3.63) is 102 Å². The summed E-state index contributed by atoms with van der Waals surface area (Å²) in [5.74, 6) is 0. The van der Waals surface area contributed by atoms with E-state index in [2.05, 4.69) is 106 Å². The molecule has 0 fully saturated rings. The molecule has 3 heterocycles. The zero-order valence-corrected chi connectivity index (χ0v) is 17.3. The standard InChI is InChI=1S/C27H24N4/c28-16-17-31-22(14-12-20-18-29-26-10-3-1-8-24(20)26)6-5-7-23(31)15-13-21-19-30-27-11-4-2-9-25(21)27/h1-15,18-19H,16-17,28H2,(H,29,30)/p+1. The second-order valence-corrected chi connectivity index (χ2v) is 7.56. The summed E-state index contributed by atoms with van der Waals surface area (Å²) >= 11 is 0. The van der Waals surface area contributed by atoms with E-state index >= 15 is 0 Å². The number of aromatic amines is 2. The normalized spacial score (nSPS) is 12.0. The fourth-order valence-corrected chi connectivity index (χ4v) is 4.07. The SMILES string of the molecule is NCC[n+]1c(/C=C/c2c[nH]c3ccccc23)cccc1/C=C/c1c[nH]c2ccccc12. The molecule has 0 aliphatic rings. The highest BCUT2D eigenvalue weighted by Crippen LogP contribution is 2.21. The summed E-state index contributed by atoms with van der Waals surface area (Å²) in [6.07, 6.45) is 12.7. The number of rotatable bonds is 6. The third-order valence-corrected chi connectivity index (χ3v) is 5.62. The fourth-order valence-electron chi connectivity index (χ4n) is 4.07. The van der Waals surface area contributed by atoms with Crippen molar-refractivity contribution < 1.29 is 4.57 Å². The average Bonchev–Trinajstić information content (AvgIpc) is 3.42. The maximum atomic E-state index is 5.95. The van der Waals surface area contributed by atoms with Gasteiger partial charge in [-0.2, -0.15) is 4.57 Å². The highest BCUT2D eigenvalue weighted by molar-refractivity contribution is 5.92. The Morgan fingerprint density at radius 2 is 1.16 bits per heavy atom. The molecular weight excluding hydrogens is 380 g/mol. The zero-order chi connectivity index (χ0) is 21.0. The Morgan fingerprint density at radius 3 is 1.68 bits per heavy atom. The Balaban J connectivity index is 1.50. The van der Waals surface area contributed by atoms with Crippen LogP contribution >= 0.6 is 0 Å². The van der Waals surface area contributed by atoms with Crippen LogP contribution < -0.4 is 10.3 Å². The molecule has 0 unspecified atom stereocenters. The lowest BCUT2D eigenvalue weighted by molar-refractivity contribution is -0.697. The molecule has 5 aromatic rings. The Bertz CT molecular complexity index is 1300. The number of pyridine rings is 1. The van der Waals surface area contributed by atoms with Gasteiger partial charge >= 0.3 is 0 Å². The van der Waals surface area contributed by atoms with Crippen molar-refractivity contribution in [2.45, 2.75) is 6.54 Å². The fraction of sp³-hybridized carbons (Fsp3) is 0.0741. The molecule has 2 aromatic carbocycles. The van der Waals surface area contributed by atoms with Gasteiger partial charge in [-0.05, 0) is 41.5 Å². The van der Waals surface area contributed by atoms with E-state index in [0.29, 0.717) is 6.54 Å². The third-order valence-electron chi connectivity index (χ3n) is 5.62. The molecule has 0 bridgehead atoms. The number of hydrogen-bond donors (Lipinski definition) is 3. The van der Waals surface area contributed by atoms with Gasteiger partial charge in [-0.25, -0.2) is 0 Å². The topological polar surface area (TPSA) is 61.5 Å². The average molecular weight is 406 g/mol. The molecule has 152 valence electrons. The first kappa shape index (κ1) is 19.1. The van der Waals surface area contributed by atoms with E-state index in [-0.39, 0.29) is 0 Å². The molecule has 0 atom stereocenters. The van der Waals surface area contributed by atoms with Gasteiger partial charge < -0.3 is 15.7 Å². The van der Waals surface area contributed by atoms with Crippen molar-refractivity contribution >= 4 is 46.1 Å². The zero-order valence-electron chi connectivity index (χ0n) is 17.3. The molecule has 0 saturated heterocycles. The Morgan fingerprint density at radius 1 is 0.645 bits per heavy atom. The number of aromatic nitrogens is 3. The summed E-state index contributed by atoms with van der Waals surface area (Å²) in [5.41, 5.74) is 12.8. The van der Waals surface area contributed by atoms with Crippen LogP contribution in [0, 0.1) is 0 Å². The number of nitrogens with two attached hydrogens (primary N) is 1. The van der Waals surface area contributed by atoms with Crippen LogP contribution in [0.1, 0.15) is 22.5 Å². The molecular formula is C27H25N4+. The third kappa shape index (κ3) is 3.81. The lowest BCUT2D eigenvalue weighted by atomic mass is 10.1. The number of nitrogens with one attached hydrogen (secondary N) is 2. The minimum absolute atomic E-state index is 0.580. The minimum Gasteiger partial charge on any atom is -0.361 e. The van der Waals surface area contributed by atoms with Crippen LogP contribution in [0.5, 0.6) is 0 Å². The molecule has 0 radical (unpaired) electrons. The van der Waals surface area contributed by atoms with E-state index in [4.69, 9.17) is 5.73 Å². The summed E-state index contributed by atoms with van der Waals surface area (Å²) in [4.78, 5) is 6.67. The van der Waals surface area contributed by atoms with Crippen molar-refractivity contribution in [3.8, 4) is 0 Å². The van der Waals surface area contributed by atoms with Gasteiger partial charge in [-0.3, -0.25) is 0 Å². The monoisotopic (exact) mass is 405 g/mol. The number of fused-ring (bicyclic) bond motifs is 2. The van der Waals surface area contributed by atoms with E-state index in [1.165, 1.54) is 21.9 Å². The Hall–Kier alpha value is -3.89. The van der Waals surface area contributed by atoms with Gasteiger partial charge in [0.25, 0.3) is 0 Å². The van der Waals surface area contributed by atoms with Crippen molar-refractivity contribution in [1.82, 2.24) is 9.97 Å². The molecule has 4 nitrogen and oxygen atoms in total. The molecule has 31 heavy (non-hydrogen) atoms. The van der Waals surface area contributed by atoms with Crippen molar-refractivity contribution in [2.75, 3.05) is 6.54 Å². The van der Waals surface area contributed by atoms with Gasteiger partial charge in [0.15, 0.2) is 6.54 Å². The summed E-state index contributed by atoms with van der Waals surface area (Å²) in [7, 11) is 0. The number of H-pyrrole nitrogens is 2. The quantitative estimate of drug-likeness (QED) is 0.333.